The lowest BCUT2D eigenvalue weighted by Crippen LogP contribution is -2.34. The minimum atomic E-state index is -4.27. The summed E-state index contributed by atoms with van der Waals surface area (Å²) in [7, 11) is -4.27. The van der Waals surface area contributed by atoms with Gasteiger partial charge in [0.25, 0.3) is 0 Å². The van der Waals surface area contributed by atoms with Crippen molar-refractivity contribution in [3.63, 3.8) is 0 Å². The number of hydrogen-bond acceptors (Lipinski definition) is 6. The van der Waals surface area contributed by atoms with E-state index in [9.17, 15) is 13.5 Å². The Labute approximate surface area is 94.5 Å². The molecule has 0 heterocycles. The van der Waals surface area contributed by atoms with Crippen molar-refractivity contribution in [1.82, 2.24) is 10.0 Å². The van der Waals surface area contributed by atoms with Crippen molar-refractivity contribution in [1.29, 1.82) is 0 Å². The van der Waals surface area contributed by atoms with Gasteiger partial charge in [-0.25, -0.2) is 0 Å². The molecular weight excluding hydrogens is 240 g/mol. The predicted molar refractivity (Wildman–Crippen MR) is 56.3 cm³/mol. The van der Waals surface area contributed by atoms with Crippen LogP contribution in [0.1, 0.15) is 0 Å². The van der Waals surface area contributed by atoms with E-state index in [2.05, 4.69) is 5.32 Å². The molecule has 0 saturated carbocycles. The molecule has 0 aromatic rings. The van der Waals surface area contributed by atoms with E-state index in [1.807, 2.05) is 0 Å². The van der Waals surface area contributed by atoms with Crippen LogP contribution in [0.2, 0.25) is 0 Å². The van der Waals surface area contributed by atoms with Gasteiger partial charge in [-0.1, -0.05) is 0 Å². The van der Waals surface area contributed by atoms with Crippen molar-refractivity contribution in [2.24, 2.45) is 0 Å². The molecule has 9 heteroatoms. The van der Waals surface area contributed by atoms with E-state index in [1.54, 1.807) is 4.72 Å². The molecule has 0 rings (SSSR count). The summed E-state index contributed by atoms with van der Waals surface area (Å²) in [4.78, 5) is 0. The zero-order valence-corrected chi connectivity index (χ0v) is 9.61. The van der Waals surface area contributed by atoms with Crippen LogP contribution in [0.15, 0.2) is 0 Å². The molecule has 0 spiro atoms. The Morgan fingerprint density at radius 2 is 2.00 bits per heavy atom. The average Bonchev–Trinajstić information content (AvgIpc) is 2.19. The predicted octanol–water partition coefficient (Wildman–Crippen LogP) is -2.66. The number of hydrogen-bond donors (Lipinski definition) is 5. The minimum absolute atomic E-state index is 0.0384. The molecule has 5 N–H and O–H groups in total. The quantitative estimate of drug-likeness (QED) is 0.214. The van der Waals surface area contributed by atoms with Crippen LogP contribution in [-0.2, 0) is 15.0 Å². The van der Waals surface area contributed by atoms with E-state index in [1.165, 1.54) is 0 Å². The minimum Gasteiger partial charge on any atom is -0.395 e. The van der Waals surface area contributed by atoms with E-state index < -0.39 is 16.4 Å². The standard InChI is InChI=1S/C7H18N2O6S/c10-3-1-8-2-4-15-6-7(11)5-9-16(12,13)14/h7-11H,1-6H2,(H,12,13,14). The first kappa shape index (κ1) is 15.7. The Morgan fingerprint density at radius 1 is 1.31 bits per heavy atom. The maximum absolute atomic E-state index is 10.2. The zero-order valence-electron chi connectivity index (χ0n) is 8.79. The monoisotopic (exact) mass is 258 g/mol. The van der Waals surface area contributed by atoms with Gasteiger partial charge in [0.15, 0.2) is 0 Å². The third-order valence-corrected chi connectivity index (χ3v) is 2.05. The fourth-order valence-electron chi connectivity index (χ4n) is 0.828. The van der Waals surface area contributed by atoms with Crippen LogP contribution in [-0.4, -0.2) is 68.7 Å². The molecule has 0 aromatic carbocycles. The molecule has 16 heavy (non-hydrogen) atoms. The first-order valence-electron chi connectivity index (χ1n) is 4.75. The molecule has 1 unspecified atom stereocenters. The Balaban J connectivity index is 3.34. The summed E-state index contributed by atoms with van der Waals surface area (Å²) in [5.74, 6) is 0. The lowest BCUT2D eigenvalue weighted by Gasteiger charge is -2.11. The van der Waals surface area contributed by atoms with Crippen molar-refractivity contribution in [3.8, 4) is 0 Å². The average molecular weight is 258 g/mol. The van der Waals surface area contributed by atoms with Gasteiger partial charge in [0, 0.05) is 19.6 Å². The Morgan fingerprint density at radius 3 is 2.56 bits per heavy atom. The van der Waals surface area contributed by atoms with Gasteiger partial charge in [-0.05, 0) is 0 Å². The van der Waals surface area contributed by atoms with Crippen molar-refractivity contribution >= 4 is 10.3 Å². The van der Waals surface area contributed by atoms with Crippen molar-refractivity contribution in [2.75, 3.05) is 39.5 Å². The van der Waals surface area contributed by atoms with Crippen LogP contribution in [0.4, 0.5) is 0 Å². The van der Waals surface area contributed by atoms with E-state index in [-0.39, 0.29) is 19.8 Å². The SMILES string of the molecule is O=S(=O)(O)NCC(O)COCCNCCO. The molecule has 1 atom stereocenters. The normalized spacial score (nSPS) is 13.9. The number of nitrogens with one attached hydrogen (secondary N) is 2. The van der Waals surface area contributed by atoms with Gasteiger partial charge >= 0.3 is 10.3 Å². The second-order valence-electron chi connectivity index (χ2n) is 3.03. The second kappa shape index (κ2) is 8.82. The van der Waals surface area contributed by atoms with Gasteiger partial charge < -0.3 is 20.3 Å². The van der Waals surface area contributed by atoms with Crippen LogP contribution in [0, 0.1) is 0 Å². The maximum Gasteiger partial charge on any atom is 0.333 e. The molecule has 0 saturated heterocycles. The first-order chi connectivity index (χ1) is 7.45. The summed E-state index contributed by atoms with van der Waals surface area (Å²) in [6, 6.07) is 0. The van der Waals surface area contributed by atoms with Gasteiger partial charge in [0.2, 0.25) is 0 Å². The number of rotatable bonds is 10. The van der Waals surface area contributed by atoms with Crippen molar-refractivity contribution in [2.45, 2.75) is 6.10 Å². The van der Waals surface area contributed by atoms with Crippen molar-refractivity contribution < 1.29 is 27.9 Å². The number of aliphatic hydroxyl groups is 2. The van der Waals surface area contributed by atoms with Crippen LogP contribution in [0.25, 0.3) is 0 Å². The Bertz CT molecular complexity index is 258. The third-order valence-electron chi connectivity index (χ3n) is 1.52. The van der Waals surface area contributed by atoms with Crippen molar-refractivity contribution in [3.05, 3.63) is 0 Å². The van der Waals surface area contributed by atoms with Gasteiger partial charge in [-0.2, -0.15) is 13.1 Å². The molecule has 0 aromatic heterocycles. The molecule has 0 aliphatic heterocycles. The summed E-state index contributed by atoms with van der Waals surface area (Å²) in [5, 5.41) is 20.5. The van der Waals surface area contributed by atoms with Gasteiger partial charge in [0.05, 0.1) is 25.9 Å². The largest absolute Gasteiger partial charge is 0.395 e. The van der Waals surface area contributed by atoms with E-state index in [0.29, 0.717) is 19.7 Å². The zero-order chi connectivity index (χ0) is 12.4. The van der Waals surface area contributed by atoms with E-state index in [4.69, 9.17) is 14.4 Å². The molecule has 0 aliphatic rings. The molecule has 0 radical (unpaired) electrons. The molecule has 98 valence electrons. The highest BCUT2D eigenvalue weighted by Gasteiger charge is 2.08. The van der Waals surface area contributed by atoms with Crippen LogP contribution in [0.3, 0.4) is 0 Å². The fourth-order valence-corrected chi connectivity index (χ4v) is 1.23. The molecular formula is C7H18N2O6S. The third kappa shape index (κ3) is 11.8. The first-order valence-corrected chi connectivity index (χ1v) is 6.19. The molecule has 0 bridgehead atoms. The fraction of sp³-hybridized carbons (Fsp3) is 1.00. The van der Waals surface area contributed by atoms with Crippen LogP contribution in [0.5, 0.6) is 0 Å². The molecule has 0 amide bonds. The Kier molecular flexibility index (Phi) is 8.66. The lowest BCUT2D eigenvalue weighted by atomic mass is 10.4. The van der Waals surface area contributed by atoms with Crippen LogP contribution < -0.4 is 10.0 Å². The number of ether oxygens (including phenoxy) is 1. The van der Waals surface area contributed by atoms with E-state index >= 15 is 0 Å². The summed E-state index contributed by atoms with van der Waals surface area (Å²) in [5.41, 5.74) is 0. The lowest BCUT2D eigenvalue weighted by molar-refractivity contribution is 0.0404. The van der Waals surface area contributed by atoms with Crippen LogP contribution >= 0.6 is 0 Å². The highest BCUT2D eigenvalue weighted by molar-refractivity contribution is 7.83. The van der Waals surface area contributed by atoms with E-state index in [0.717, 1.165) is 0 Å². The highest BCUT2D eigenvalue weighted by Crippen LogP contribution is 1.85. The van der Waals surface area contributed by atoms with Gasteiger partial charge in [-0.15, -0.1) is 0 Å². The second-order valence-corrected chi connectivity index (χ2v) is 4.26. The maximum atomic E-state index is 10.2. The highest BCUT2D eigenvalue weighted by atomic mass is 32.2. The Hall–Kier alpha value is -0.290. The van der Waals surface area contributed by atoms with Gasteiger partial charge in [-0.3, -0.25) is 4.55 Å². The summed E-state index contributed by atoms with van der Waals surface area (Å²) < 4.78 is 35.5. The smallest absolute Gasteiger partial charge is 0.333 e. The molecule has 0 aliphatic carbocycles. The topological polar surface area (TPSA) is 128 Å². The summed E-state index contributed by atoms with van der Waals surface area (Å²) in [6.45, 7) is 1.03. The number of aliphatic hydroxyl groups excluding tert-OH is 2. The summed E-state index contributed by atoms with van der Waals surface area (Å²) >= 11 is 0. The molecule has 8 nitrogen and oxygen atoms in total. The summed E-state index contributed by atoms with van der Waals surface area (Å²) in [6.07, 6.45) is -1.01. The van der Waals surface area contributed by atoms with Gasteiger partial charge in [0.1, 0.15) is 0 Å². The molecule has 0 fully saturated rings.